The molecule has 0 aliphatic rings. The molecule has 0 atom stereocenters. The summed E-state index contributed by atoms with van der Waals surface area (Å²) >= 11 is 5.84. The molecule has 3 aromatic rings. The van der Waals surface area contributed by atoms with Gasteiger partial charge in [-0.15, -0.1) is 0 Å². The fourth-order valence-corrected chi connectivity index (χ4v) is 1.96. The minimum atomic E-state index is 0.335. The SMILES string of the molecule is Clc1cncc(Nc2ccccc2Oc2ccccc2)n1. The molecule has 3 rings (SSSR count). The van der Waals surface area contributed by atoms with Crippen molar-refractivity contribution >= 4 is 23.1 Å². The molecule has 0 amide bonds. The molecule has 0 unspecified atom stereocenters. The second kappa shape index (κ2) is 6.24. The molecule has 5 heteroatoms. The third-order valence-corrected chi connectivity index (χ3v) is 2.91. The molecule has 1 N–H and O–H groups in total. The molecular weight excluding hydrogens is 286 g/mol. The van der Waals surface area contributed by atoms with E-state index >= 15 is 0 Å². The molecule has 1 heterocycles. The van der Waals surface area contributed by atoms with E-state index in [1.165, 1.54) is 6.20 Å². The van der Waals surface area contributed by atoms with Gasteiger partial charge >= 0.3 is 0 Å². The van der Waals surface area contributed by atoms with Gasteiger partial charge in [0.1, 0.15) is 10.9 Å². The Morgan fingerprint density at radius 2 is 1.67 bits per heavy atom. The van der Waals surface area contributed by atoms with Crippen molar-refractivity contribution in [3.63, 3.8) is 0 Å². The fraction of sp³-hybridized carbons (Fsp3) is 0. The first kappa shape index (κ1) is 13.4. The largest absolute Gasteiger partial charge is 0.455 e. The van der Waals surface area contributed by atoms with E-state index in [-0.39, 0.29) is 0 Å². The lowest BCUT2D eigenvalue weighted by atomic mass is 10.3. The van der Waals surface area contributed by atoms with Crippen LogP contribution in [0, 0.1) is 0 Å². The molecule has 0 saturated carbocycles. The first-order valence-electron chi connectivity index (χ1n) is 6.38. The zero-order valence-electron chi connectivity index (χ0n) is 11.0. The Bertz CT molecular complexity index is 734. The summed E-state index contributed by atoms with van der Waals surface area (Å²) in [6.45, 7) is 0. The Labute approximate surface area is 127 Å². The summed E-state index contributed by atoms with van der Waals surface area (Å²) < 4.78 is 5.87. The van der Waals surface area contributed by atoms with Crippen LogP contribution in [0.1, 0.15) is 0 Å². The summed E-state index contributed by atoms with van der Waals surface area (Å²) in [7, 11) is 0. The lowest BCUT2D eigenvalue weighted by Crippen LogP contribution is -1.97. The summed E-state index contributed by atoms with van der Waals surface area (Å²) in [5.41, 5.74) is 0.790. The van der Waals surface area contributed by atoms with Gasteiger partial charge in [0.05, 0.1) is 18.1 Å². The van der Waals surface area contributed by atoms with Crippen LogP contribution in [0.4, 0.5) is 11.5 Å². The number of nitrogens with one attached hydrogen (secondary N) is 1. The van der Waals surface area contributed by atoms with Gasteiger partial charge in [-0.3, -0.25) is 4.98 Å². The Kier molecular flexibility index (Phi) is 3.98. The summed E-state index contributed by atoms with van der Waals surface area (Å²) in [6.07, 6.45) is 3.09. The summed E-state index contributed by atoms with van der Waals surface area (Å²) in [5.74, 6) is 2.03. The van der Waals surface area contributed by atoms with Crippen LogP contribution in [0.25, 0.3) is 0 Å². The van der Waals surface area contributed by atoms with Gasteiger partial charge in [0.15, 0.2) is 11.6 Å². The van der Waals surface area contributed by atoms with Crippen LogP contribution in [0.5, 0.6) is 11.5 Å². The van der Waals surface area contributed by atoms with Crippen molar-refractivity contribution in [2.24, 2.45) is 0 Å². The first-order chi connectivity index (χ1) is 10.3. The van der Waals surface area contributed by atoms with Gasteiger partial charge in [0.25, 0.3) is 0 Å². The zero-order chi connectivity index (χ0) is 14.5. The smallest absolute Gasteiger partial charge is 0.150 e. The molecule has 2 aromatic carbocycles. The standard InChI is InChI=1S/C16H12ClN3O/c17-15-10-18-11-16(20-15)19-13-8-4-5-9-14(13)21-12-6-2-1-3-7-12/h1-11H,(H,19,20). The number of hydrogen-bond acceptors (Lipinski definition) is 4. The minimum absolute atomic E-state index is 0.335. The molecule has 0 bridgehead atoms. The predicted octanol–water partition coefficient (Wildman–Crippen LogP) is 4.67. The van der Waals surface area contributed by atoms with Gasteiger partial charge in [-0.1, -0.05) is 41.9 Å². The number of halogens is 1. The third kappa shape index (κ3) is 3.49. The van der Waals surface area contributed by atoms with E-state index < -0.39 is 0 Å². The summed E-state index contributed by atoms with van der Waals surface area (Å²) in [5, 5.41) is 3.49. The van der Waals surface area contributed by atoms with Crippen LogP contribution in [-0.4, -0.2) is 9.97 Å². The van der Waals surface area contributed by atoms with Gasteiger partial charge in [0, 0.05) is 0 Å². The van der Waals surface area contributed by atoms with Gasteiger partial charge in [-0.05, 0) is 24.3 Å². The predicted molar refractivity (Wildman–Crippen MR) is 83.3 cm³/mol. The zero-order valence-corrected chi connectivity index (χ0v) is 11.8. The van der Waals surface area contributed by atoms with Gasteiger partial charge in [0.2, 0.25) is 0 Å². The van der Waals surface area contributed by atoms with E-state index in [4.69, 9.17) is 16.3 Å². The third-order valence-electron chi connectivity index (χ3n) is 2.73. The van der Waals surface area contributed by atoms with Crippen molar-refractivity contribution in [3.8, 4) is 11.5 Å². The number of anilines is 2. The van der Waals surface area contributed by atoms with Crippen molar-refractivity contribution in [3.05, 3.63) is 72.1 Å². The van der Waals surface area contributed by atoms with E-state index in [0.29, 0.717) is 16.7 Å². The second-order valence-electron chi connectivity index (χ2n) is 4.26. The lowest BCUT2D eigenvalue weighted by Gasteiger charge is -2.12. The number of rotatable bonds is 4. The van der Waals surface area contributed by atoms with E-state index in [0.717, 1.165) is 11.4 Å². The number of benzene rings is 2. The van der Waals surface area contributed by atoms with Crippen LogP contribution in [-0.2, 0) is 0 Å². The Hall–Kier alpha value is -2.59. The average molecular weight is 298 g/mol. The summed E-state index contributed by atoms with van der Waals surface area (Å²) in [6, 6.07) is 17.2. The minimum Gasteiger partial charge on any atom is -0.455 e. The van der Waals surface area contributed by atoms with Gasteiger partial charge < -0.3 is 10.1 Å². The molecule has 0 radical (unpaired) electrons. The molecule has 21 heavy (non-hydrogen) atoms. The highest BCUT2D eigenvalue weighted by molar-refractivity contribution is 6.29. The molecule has 0 aliphatic carbocycles. The topological polar surface area (TPSA) is 47.0 Å². The number of para-hydroxylation sites is 3. The van der Waals surface area contributed by atoms with E-state index in [1.54, 1.807) is 6.20 Å². The van der Waals surface area contributed by atoms with Gasteiger partial charge in [-0.2, -0.15) is 0 Å². The molecule has 1 aromatic heterocycles. The van der Waals surface area contributed by atoms with E-state index in [9.17, 15) is 0 Å². The van der Waals surface area contributed by atoms with Crippen LogP contribution in [0.3, 0.4) is 0 Å². The molecule has 0 fully saturated rings. The maximum atomic E-state index is 5.87. The van der Waals surface area contributed by atoms with Crippen LogP contribution >= 0.6 is 11.6 Å². The number of nitrogens with zero attached hydrogens (tertiary/aromatic N) is 2. The lowest BCUT2D eigenvalue weighted by molar-refractivity contribution is 0.485. The van der Waals surface area contributed by atoms with Crippen LogP contribution < -0.4 is 10.1 Å². The maximum Gasteiger partial charge on any atom is 0.150 e. The Balaban J connectivity index is 1.86. The highest BCUT2D eigenvalue weighted by atomic mass is 35.5. The quantitative estimate of drug-likeness (QED) is 0.760. The summed E-state index contributed by atoms with van der Waals surface area (Å²) in [4.78, 5) is 8.15. The Morgan fingerprint density at radius 3 is 2.48 bits per heavy atom. The molecule has 0 spiro atoms. The fourth-order valence-electron chi connectivity index (χ4n) is 1.81. The maximum absolute atomic E-state index is 5.87. The van der Waals surface area contributed by atoms with E-state index in [1.807, 2.05) is 54.6 Å². The number of ether oxygens (including phenoxy) is 1. The number of aromatic nitrogens is 2. The molecule has 0 saturated heterocycles. The van der Waals surface area contributed by atoms with Crippen LogP contribution in [0.2, 0.25) is 5.15 Å². The van der Waals surface area contributed by atoms with Gasteiger partial charge in [-0.25, -0.2) is 4.98 Å². The number of hydrogen-bond donors (Lipinski definition) is 1. The molecule has 104 valence electrons. The first-order valence-corrected chi connectivity index (χ1v) is 6.75. The highest BCUT2D eigenvalue weighted by Gasteiger charge is 2.06. The molecular formula is C16H12ClN3O. The second-order valence-corrected chi connectivity index (χ2v) is 4.65. The van der Waals surface area contributed by atoms with Crippen molar-refractivity contribution < 1.29 is 4.74 Å². The van der Waals surface area contributed by atoms with E-state index in [2.05, 4.69) is 15.3 Å². The average Bonchev–Trinajstić information content (AvgIpc) is 2.50. The Morgan fingerprint density at radius 1 is 0.905 bits per heavy atom. The highest BCUT2D eigenvalue weighted by Crippen LogP contribution is 2.30. The molecule has 0 aliphatic heterocycles. The monoisotopic (exact) mass is 297 g/mol. The van der Waals surface area contributed by atoms with Crippen LogP contribution in [0.15, 0.2) is 67.0 Å². The van der Waals surface area contributed by atoms with Crippen molar-refractivity contribution in [2.75, 3.05) is 5.32 Å². The molecule has 4 nitrogen and oxygen atoms in total. The van der Waals surface area contributed by atoms with Crippen molar-refractivity contribution in [2.45, 2.75) is 0 Å². The van der Waals surface area contributed by atoms with Crippen molar-refractivity contribution in [1.82, 2.24) is 9.97 Å². The van der Waals surface area contributed by atoms with Crippen molar-refractivity contribution in [1.29, 1.82) is 0 Å². The normalized spacial score (nSPS) is 10.1.